The van der Waals surface area contributed by atoms with Crippen LogP contribution in [-0.4, -0.2) is 10.9 Å². The fourth-order valence-electron chi connectivity index (χ4n) is 2.63. The smallest absolute Gasteiger partial charge is 0.197 e. The van der Waals surface area contributed by atoms with Gasteiger partial charge in [-0.3, -0.25) is 4.98 Å². The van der Waals surface area contributed by atoms with Crippen molar-refractivity contribution in [3.05, 3.63) is 77.0 Å². The second kappa shape index (κ2) is 6.41. The number of allylic oxidation sites excluding steroid dienone is 1. The molecule has 0 fully saturated rings. The summed E-state index contributed by atoms with van der Waals surface area (Å²) in [5, 5.41) is 6.38. The third-order valence-electron chi connectivity index (χ3n) is 4.18. The number of benzene rings is 1. The summed E-state index contributed by atoms with van der Waals surface area (Å²) in [6.45, 7) is 4.25. The summed E-state index contributed by atoms with van der Waals surface area (Å²) in [7, 11) is 0. The van der Waals surface area contributed by atoms with Crippen molar-refractivity contribution >= 4 is 5.96 Å². The molecule has 24 heavy (non-hydrogen) atoms. The van der Waals surface area contributed by atoms with Crippen molar-refractivity contribution in [3.8, 4) is 0 Å². The van der Waals surface area contributed by atoms with Crippen LogP contribution in [0.3, 0.4) is 0 Å². The Labute approximate surface area is 140 Å². The van der Waals surface area contributed by atoms with Crippen LogP contribution in [0.15, 0.2) is 64.9 Å². The van der Waals surface area contributed by atoms with Gasteiger partial charge in [0.15, 0.2) is 5.96 Å². The number of aliphatic imine (C=N–C) groups is 1. The van der Waals surface area contributed by atoms with Gasteiger partial charge in [-0.1, -0.05) is 18.2 Å². The molecule has 5 nitrogen and oxygen atoms in total. The Morgan fingerprint density at radius 2 is 2.04 bits per heavy atom. The number of guanidine groups is 1. The van der Waals surface area contributed by atoms with Crippen molar-refractivity contribution in [3.63, 3.8) is 0 Å². The van der Waals surface area contributed by atoms with E-state index in [1.54, 1.807) is 18.3 Å². The highest BCUT2D eigenvalue weighted by atomic mass is 19.1. The topological polar surface area (TPSA) is 75.3 Å². The first-order valence-electron chi connectivity index (χ1n) is 7.71. The molecule has 6 heteroatoms. The van der Waals surface area contributed by atoms with Crippen molar-refractivity contribution in [2.45, 2.75) is 26.1 Å². The van der Waals surface area contributed by atoms with Gasteiger partial charge < -0.3 is 16.4 Å². The van der Waals surface area contributed by atoms with E-state index in [2.05, 4.69) is 20.6 Å². The fourth-order valence-corrected chi connectivity index (χ4v) is 2.63. The van der Waals surface area contributed by atoms with Gasteiger partial charge in [-0.25, -0.2) is 9.38 Å². The van der Waals surface area contributed by atoms with E-state index < -0.39 is 5.66 Å². The van der Waals surface area contributed by atoms with Crippen molar-refractivity contribution < 1.29 is 4.39 Å². The third-order valence-corrected chi connectivity index (χ3v) is 4.18. The van der Waals surface area contributed by atoms with Crippen LogP contribution in [0.25, 0.3) is 0 Å². The highest BCUT2D eigenvalue weighted by molar-refractivity contribution is 5.84. The molecule has 0 bridgehead atoms. The monoisotopic (exact) mass is 325 g/mol. The zero-order valence-electron chi connectivity index (χ0n) is 13.7. The first-order valence-corrected chi connectivity index (χ1v) is 7.71. The maximum Gasteiger partial charge on any atom is 0.197 e. The van der Waals surface area contributed by atoms with Crippen LogP contribution < -0.4 is 16.4 Å². The standard InChI is InChI=1S/C18H20FN5/c1-12-13(2)23-17(22-11-16-8-3-4-9-21-16)24-18(12,20)14-6-5-7-15(19)10-14/h3-10H,11,20H2,1-2H3,(H2,22,23,24). The van der Waals surface area contributed by atoms with Gasteiger partial charge in [0.05, 0.1) is 12.2 Å². The van der Waals surface area contributed by atoms with Crippen molar-refractivity contribution in [1.29, 1.82) is 0 Å². The predicted molar refractivity (Wildman–Crippen MR) is 92.3 cm³/mol. The Balaban J connectivity index is 1.92. The number of hydrogen-bond acceptors (Lipinski definition) is 3. The second-order valence-corrected chi connectivity index (χ2v) is 5.80. The molecule has 2 aromatic rings. The van der Waals surface area contributed by atoms with E-state index in [1.807, 2.05) is 32.0 Å². The maximum atomic E-state index is 13.6. The average Bonchev–Trinajstić information content (AvgIpc) is 2.59. The predicted octanol–water partition coefficient (Wildman–Crippen LogP) is 2.38. The number of nitrogens with one attached hydrogen (secondary N) is 2. The number of pyridine rings is 1. The molecule has 2 heterocycles. The van der Waals surface area contributed by atoms with Gasteiger partial charge in [0.2, 0.25) is 0 Å². The van der Waals surface area contributed by atoms with Crippen LogP contribution in [-0.2, 0) is 12.2 Å². The van der Waals surface area contributed by atoms with Gasteiger partial charge in [-0.2, -0.15) is 0 Å². The normalized spacial score (nSPS) is 22.2. The number of rotatable bonds is 3. The molecule has 1 aromatic heterocycles. The van der Waals surface area contributed by atoms with Crippen molar-refractivity contribution in [1.82, 2.24) is 15.6 Å². The number of halogens is 1. The minimum absolute atomic E-state index is 0.324. The summed E-state index contributed by atoms with van der Waals surface area (Å²) in [5.41, 5.74) is 8.82. The largest absolute Gasteiger partial charge is 0.331 e. The van der Waals surface area contributed by atoms with Gasteiger partial charge >= 0.3 is 0 Å². The summed E-state index contributed by atoms with van der Waals surface area (Å²) >= 11 is 0. The summed E-state index contributed by atoms with van der Waals surface area (Å²) in [6, 6.07) is 12.0. The minimum atomic E-state index is -1.01. The summed E-state index contributed by atoms with van der Waals surface area (Å²) < 4.78 is 13.6. The molecule has 4 N–H and O–H groups in total. The van der Waals surface area contributed by atoms with Gasteiger partial charge in [-0.05, 0) is 49.2 Å². The lowest BCUT2D eigenvalue weighted by atomic mass is 9.90. The zero-order chi connectivity index (χ0) is 17.2. The molecule has 0 saturated carbocycles. The van der Waals surface area contributed by atoms with Gasteiger partial charge in [-0.15, -0.1) is 0 Å². The highest BCUT2D eigenvalue weighted by Gasteiger charge is 2.35. The zero-order valence-corrected chi connectivity index (χ0v) is 13.7. The second-order valence-electron chi connectivity index (χ2n) is 5.80. The molecule has 1 aliphatic rings. The van der Waals surface area contributed by atoms with Crippen LogP contribution >= 0.6 is 0 Å². The first kappa shape index (κ1) is 16.1. The molecular weight excluding hydrogens is 305 g/mol. The molecule has 0 saturated heterocycles. The van der Waals surface area contributed by atoms with E-state index in [4.69, 9.17) is 5.73 Å². The average molecular weight is 325 g/mol. The molecule has 0 spiro atoms. The summed E-state index contributed by atoms with van der Waals surface area (Å²) in [4.78, 5) is 8.75. The Hall–Kier alpha value is -2.73. The Kier molecular flexibility index (Phi) is 4.31. The molecule has 1 atom stereocenters. The van der Waals surface area contributed by atoms with E-state index in [0.717, 1.165) is 17.0 Å². The highest BCUT2D eigenvalue weighted by Crippen LogP contribution is 2.28. The molecule has 3 rings (SSSR count). The molecule has 1 unspecified atom stereocenters. The van der Waals surface area contributed by atoms with Crippen LogP contribution in [0.4, 0.5) is 4.39 Å². The van der Waals surface area contributed by atoms with Crippen molar-refractivity contribution in [2.75, 3.05) is 0 Å². The number of hydrogen-bond donors (Lipinski definition) is 3. The van der Waals surface area contributed by atoms with E-state index in [9.17, 15) is 4.39 Å². The van der Waals surface area contributed by atoms with E-state index in [1.165, 1.54) is 12.1 Å². The summed E-state index contributed by atoms with van der Waals surface area (Å²) in [6.07, 6.45) is 1.73. The number of nitrogens with zero attached hydrogens (tertiary/aromatic N) is 2. The van der Waals surface area contributed by atoms with E-state index in [0.29, 0.717) is 18.1 Å². The fraction of sp³-hybridized carbons (Fsp3) is 0.222. The Morgan fingerprint density at radius 3 is 2.75 bits per heavy atom. The maximum absolute atomic E-state index is 13.6. The lowest BCUT2D eigenvalue weighted by molar-refractivity contribution is 0.454. The molecule has 0 aliphatic carbocycles. The van der Waals surface area contributed by atoms with Gasteiger partial charge in [0.1, 0.15) is 11.5 Å². The molecule has 0 radical (unpaired) electrons. The first-order chi connectivity index (χ1) is 11.5. The van der Waals surface area contributed by atoms with E-state index >= 15 is 0 Å². The lowest BCUT2D eigenvalue weighted by Crippen LogP contribution is -2.61. The molecular formula is C18H20FN5. The quantitative estimate of drug-likeness (QED) is 0.810. The van der Waals surface area contributed by atoms with Gasteiger partial charge in [0, 0.05) is 11.9 Å². The Bertz CT molecular complexity index is 800. The van der Waals surface area contributed by atoms with Crippen LogP contribution in [0, 0.1) is 5.82 Å². The molecule has 1 aliphatic heterocycles. The van der Waals surface area contributed by atoms with Crippen molar-refractivity contribution in [2.24, 2.45) is 10.7 Å². The molecule has 0 amide bonds. The molecule has 1 aromatic carbocycles. The van der Waals surface area contributed by atoms with Crippen LogP contribution in [0.5, 0.6) is 0 Å². The van der Waals surface area contributed by atoms with Crippen LogP contribution in [0.1, 0.15) is 25.1 Å². The summed E-state index contributed by atoms with van der Waals surface area (Å²) in [5.74, 6) is 0.214. The van der Waals surface area contributed by atoms with Gasteiger partial charge in [0.25, 0.3) is 0 Å². The number of aromatic nitrogens is 1. The Morgan fingerprint density at radius 1 is 1.21 bits per heavy atom. The minimum Gasteiger partial charge on any atom is -0.331 e. The number of nitrogens with two attached hydrogens (primary N) is 1. The third kappa shape index (κ3) is 3.14. The lowest BCUT2D eigenvalue weighted by Gasteiger charge is -2.39. The van der Waals surface area contributed by atoms with Crippen LogP contribution in [0.2, 0.25) is 0 Å². The molecule has 124 valence electrons. The van der Waals surface area contributed by atoms with E-state index in [-0.39, 0.29) is 5.82 Å². The SMILES string of the molecule is CC1=C(C)C(N)(c2cccc(F)c2)NC(=NCc2ccccn2)N1.